The zero-order valence-corrected chi connectivity index (χ0v) is 18.8. The second kappa shape index (κ2) is 6.90. The van der Waals surface area contributed by atoms with Crippen molar-refractivity contribution in [3.05, 3.63) is 42.4 Å². The molecule has 4 unspecified atom stereocenters. The van der Waals surface area contributed by atoms with E-state index in [2.05, 4.69) is 38.5 Å². The van der Waals surface area contributed by atoms with Gasteiger partial charge in [-0.2, -0.15) is 0 Å². The quantitative estimate of drug-likeness (QED) is 0.720. The number of nitrogens with zero attached hydrogens (tertiary/aromatic N) is 2. The summed E-state index contributed by atoms with van der Waals surface area (Å²) in [7, 11) is -3.22. The summed E-state index contributed by atoms with van der Waals surface area (Å²) in [4.78, 5) is 4.35. The van der Waals surface area contributed by atoms with Crippen LogP contribution in [-0.2, 0) is 10.0 Å². The first-order chi connectivity index (χ1) is 14.9. The number of aliphatic hydroxyl groups is 1. The average molecular weight is 442 g/mol. The van der Waals surface area contributed by atoms with Gasteiger partial charge >= 0.3 is 0 Å². The molecule has 0 spiro atoms. The van der Waals surface area contributed by atoms with E-state index >= 15 is 0 Å². The van der Waals surface area contributed by atoms with Crippen LogP contribution in [-0.4, -0.2) is 40.5 Å². The molecule has 4 aliphatic carbocycles. The van der Waals surface area contributed by atoms with Crippen molar-refractivity contribution in [3.63, 3.8) is 0 Å². The molecule has 166 valence electrons. The Morgan fingerprint density at radius 3 is 2.71 bits per heavy atom. The van der Waals surface area contributed by atoms with E-state index < -0.39 is 10.0 Å². The SMILES string of the molecule is CCS(=O)(=O)NC12CC3CC(C1)C(C(O)CC1c4ccccc4-c4cncn41)C(C3)C2. The molecule has 7 rings (SSSR count). The number of sulfonamides is 1. The number of fused-ring (bicyclic) bond motifs is 3. The van der Waals surface area contributed by atoms with Crippen LogP contribution in [0.4, 0.5) is 0 Å². The molecule has 2 heterocycles. The summed E-state index contributed by atoms with van der Waals surface area (Å²) >= 11 is 0. The highest BCUT2D eigenvalue weighted by Gasteiger charge is 2.57. The fraction of sp³-hybridized carbons (Fsp3) is 0.625. The first-order valence-corrected chi connectivity index (χ1v) is 13.3. The maximum atomic E-state index is 12.4. The van der Waals surface area contributed by atoms with Gasteiger partial charge in [0, 0.05) is 11.1 Å². The lowest BCUT2D eigenvalue weighted by Crippen LogP contribution is -2.63. The second-order valence-corrected chi connectivity index (χ2v) is 12.4. The zero-order valence-electron chi connectivity index (χ0n) is 17.9. The average Bonchev–Trinajstić information content (AvgIpc) is 3.29. The van der Waals surface area contributed by atoms with Gasteiger partial charge in [-0.3, -0.25) is 0 Å². The van der Waals surface area contributed by atoms with Gasteiger partial charge in [-0.25, -0.2) is 18.1 Å². The largest absolute Gasteiger partial charge is 0.393 e. The summed E-state index contributed by atoms with van der Waals surface area (Å²) in [5, 5.41) is 11.5. The third kappa shape index (κ3) is 3.11. The van der Waals surface area contributed by atoms with Crippen LogP contribution in [0.1, 0.15) is 57.1 Å². The van der Waals surface area contributed by atoms with Gasteiger partial charge in [0.2, 0.25) is 10.0 Å². The molecule has 1 aromatic heterocycles. The molecule has 31 heavy (non-hydrogen) atoms. The van der Waals surface area contributed by atoms with E-state index in [4.69, 9.17) is 0 Å². The minimum absolute atomic E-state index is 0.119. The van der Waals surface area contributed by atoms with E-state index in [-0.39, 0.29) is 29.4 Å². The number of aromatic nitrogens is 2. The molecule has 4 atom stereocenters. The monoisotopic (exact) mass is 441 g/mol. The number of hydrogen-bond donors (Lipinski definition) is 2. The van der Waals surface area contributed by atoms with Crippen molar-refractivity contribution in [3.8, 4) is 11.3 Å². The molecule has 0 amide bonds. The Balaban J connectivity index is 1.25. The van der Waals surface area contributed by atoms with Crippen molar-refractivity contribution < 1.29 is 13.5 Å². The Hall–Kier alpha value is -1.70. The van der Waals surface area contributed by atoms with Gasteiger partial charge in [-0.1, -0.05) is 24.3 Å². The van der Waals surface area contributed by atoms with E-state index in [0.717, 1.165) is 37.8 Å². The molecule has 1 aromatic carbocycles. The van der Waals surface area contributed by atoms with Crippen LogP contribution in [0.2, 0.25) is 0 Å². The maximum Gasteiger partial charge on any atom is 0.211 e. The van der Waals surface area contributed by atoms with Gasteiger partial charge in [0.25, 0.3) is 0 Å². The molecule has 4 fully saturated rings. The number of nitrogens with one attached hydrogen (secondary N) is 1. The third-order valence-corrected chi connectivity index (χ3v) is 10.1. The highest BCUT2D eigenvalue weighted by Crippen LogP contribution is 2.60. The first kappa shape index (κ1) is 19.9. The molecule has 2 N–H and O–H groups in total. The van der Waals surface area contributed by atoms with Crippen molar-refractivity contribution in [1.29, 1.82) is 0 Å². The molecule has 4 saturated carbocycles. The van der Waals surface area contributed by atoms with E-state index in [1.807, 2.05) is 12.5 Å². The number of benzene rings is 1. The molecule has 6 nitrogen and oxygen atoms in total. The predicted octanol–water partition coefficient (Wildman–Crippen LogP) is 3.34. The van der Waals surface area contributed by atoms with E-state index in [1.165, 1.54) is 11.1 Å². The second-order valence-electron chi connectivity index (χ2n) is 10.4. The van der Waals surface area contributed by atoms with Crippen molar-refractivity contribution in [1.82, 2.24) is 14.3 Å². The Morgan fingerprint density at radius 2 is 1.97 bits per heavy atom. The lowest BCUT2D eigenvalue weighted by molar-refractivity contribution is -0.106. The lowest BCUT2D eigenvalue weighted by atomic mass is 9.48. The van der Waals surface area contributed by atoms with Crippen molar-refractivity contribution >= 4 is 10.0 Å². The maximum absolute atomic E-state index is 12.4. The highest BCUT2D eigenvalue weighted by molar-refractivity contribution is 7.89. The summed E-state index contributed by atoms with van der Waals surface area (Å²) < 4.78 is 30.0. The summed E-state index contributed by atoms with van der Waals surface area (Å²) in [6.45, 7) is 1.71. The molecule has 4 bridgehead atoms. The van der Waals surface area contributed by atoms with Gasteiger partial charge in [-0.15, -0.1) is 0 Å². The number of imidazole rings is 1. The Labute approximate surface area is 184 Å². The van der Waals surface area contributed by atoms with Crippen molar-refractivity contribution in [2.75, 3.05) is 5.75 Å². The summed E-state index contributed by atoms with van der Waals surface area (Å²) in [6, 6.07) is 8.56. The van der Waals surface area contributed by atoms with Crippen LogP contribution in [0.3, 0.4) is 0 Å². The topological polar surface area (TPSA) is 84.2 Å². The summed E-state index contributed by atoms with van der Waals surface area (Å²) in [5.74, 6) is 1.79. The molecule has 7 heteroatoms. The first-order valence-electron chi connectivity index (χ1n) is 11.7. The van der Waals surface area contributed by atoms with E-state index in [9.17, 15) is 13.5 Å². The molecular weight excluding hydrogens is 410 g/mol. The number of rotatable bonds is 6. The van der Waals surface area contributed by atoms with Crippen LogP contribution in [0.5, 0.6) is 0 Å². The van der Waals surface area contributed by atoms with Gasteiger partial charge in [0.15, 0.2) is 0 Å². The van der Waals surface area contributed by atoms with E-state index in [0.29, 0.717) is 24.2 Å². The zero-order chi connectivity index (χ0) is 21.4. The molecule has 5 aliphatic rings. The number of aliphatic hydroxyl groups excluding tert-OH is 1. The number of hydrogen-bond acceptors (Lipinski definition) is 4. The van der Waals surface area contributed by atoms with Gasteiger partial charge in [0.05, 0.1) is 36.1 Å². The van der Waals surface area contributed by atoms with E-state index in [1.54, 1.807) is 6.92 Å². The third-order valence-electron chi connectivity index (χ3n) is 8.60. The standard InChI is InChI=1S/C24H31N3O3S/c1-2-31(29,30)26-24-10-15-7-16(11-24)23(17(8-15)12-24)22(28)9-20-18-5-3-4-6-19(18)21-13-25-14-27(20)21/h3-6,13-17,20,22-23,26,28H,2,7-12H2,1H3. The van der Waals surface area contributed by atoms with Crippen LogP contribution < -0.4 is 4.72 Å². The fourth-order valence-corrected chi connectivity index (χ4v) is 8.83. The molecule has 0 radical (unpaired) electrons. The van der Waals surface area contributed by atoms with Crippen molar-refractivity contribution in [2.45, 2.75) is 63.1 Å². The van der Waals surface area contributed by atoms with Crippen LogP contribution in [0, 0.1) is 23.7 Å². The summed E-state index contributed by atoms with van der Waals surface area (Å²) in [6.07, 6.45) is 9.08. The highest BCUT2D eigenvalue weighted by atomic mass is 32.2. The molecule has 0 saturated heterocycles. The van der Waals surface area contributed by atoms with Crippen LogP contribution in [0.15, 0.2) is 36.8 Å². The Morgan fingerprint density at radius 1 is 1.23 bits per heavy atom. The minimum atomic E-state index is -3.22. The van der Waals surface area contributed by atoms with Crippen LogP contribution >= 0.6 is 0 Å². The smallest absolute Gasteiger partial charge is 0.211 e. The van der Waals surface area contributed by atoms with Gasteiger partial charge < -0.3 is 9.67 Å². The molecular formula is C24H31N3O3S. The fourth-order valence-electron chi connectivity index (χ4n) is 7.78. The van der Waals surface area contributed by atoms with Gasteiger partial charge in [-0.05, 0) is 74.7 Å². The summed E-state index contributed by atoms with van der Waals surface area (Å²) in [5.41, 5.74) is 3.34. The normalized spacial score (nSPS) is 36.4. The molecule has 1 aliphatic heterocycles. The van der Waals surface area contributed by atoms with Crippen molar-refractivity contribution in [2.24, 2.45) is 23.7 Å². The lowest BCUT2D eigenvalue weighted by Gasteiger charge is -2.61. The molecule has 2 aromatic rings. The Bertz CT molecular complexity index is 1090. The Kier molecular flexibility index (Phi) is 4.44. The van der Waals surface area contributed by atoms with Gasteiger partial charge in [0.1, 0.15) is 0 Å². The minimum Gasteiger partial charge on any atom is -0.393 e. The van der Waals surface area contributed by atoms with Crippen LogP contribution in [0.25, 0.3) is 11.3 Å². The predicted molar refractivity (Wildman–Crippen MR) is 119 cm³/mol.